The number of fused-ring (bicyclic) bond motifs is 1. The van der Waals surface area contributed by atoms with E-state index in [0.29, 0.717) is 0 Å². The van der Waals surface area contributed by atoms with E-state index < -0.39 is 0 Å². The summed E-state index contributed by atoms with van der Waals surface area (Å²) in [7, 11) is 4.00. The third-order valence-corrected chi connectivity index (χ3v) is 2.29. The molecule has 0 atom stereocenters. The van der Waals surface area contributed by atoms with Gasteiger partial charge in [-0.2, -0.15) is 5.10 Å². The summed E-state index contributed by atoms with van der Waals surface area (Å²) in [5.41, 5.74) is 0.714. The molecule has 0 fully saturated rings. The van der Waals surface area contributed by atoms with Gasteiger partial charge in [-0.3, -0.25) is 9.89 Å². The number of nitrogens with zero attached hydrogens (tertiary/aromatic N) is 3. The molecule has 2 heterocycles. The Bertz CT molecular complexity index is 511. The lowest BCUT2D eigenvalue weighted by Crippen LogP contribution is -2.19. The van der Waals surface area contributed by atoms with Crippen LogP contribution in [0, 0.1) is 0 Å². The van der Waals surface area contributed by atoms with Crippen molar-refractivity contribution in [1.82, 2.24) is 19.5 Å². The molecule has 0 bridgehead atoms. The van der Waals surface area contributed by atoms with Crippen LogP contribution in [0.4, 0.5) is 0 Å². The number of hydrogen-bond acceptors (Lipinski definition) is 3. The summed E-state index contributed by atoms with van der Waals surface area (Å²) in [5, 5.41) is 6.99. The molecule has 0 aliphatic carbocycles. The molecule has 0 spiro atoms. The van der Waals surface area contributed by atoms with Crippen LogP contribution in [0.1, 0.15) is 5.82 Å². The minimum Gasteiger partial charge on any atom is -0.309 e. The second-order valence-electron chi connectivity index (χ2n) is 3.78. The minimum absolute atomic E-state index is 0.0324. The zero-order valence-electron chi connectivity index (χ0n) is 8.90. The van der Waals surface area contributed by atoms with Crippen molar-refractivity contribution >= 4 is 5.65 Å². The number of likely N-dealkylation sites (N-methyl/N-ethyl adjacent to an activating group) is 1. The molecule has 15 heavy (non-hydrogen) atoms. The van der Waals surface area contributed by atoms with E-state index in [2.05, 4.69) is 15.1 Å². The first-order valence-electron chi connectivity index (χ1n) is 4.88. The molecule has 80 valence electrons. The first-order valence-corrected chi connectivity index (χ1v) is 4.88. The largest absolute Gasteiger partial charge is 0.309 e. The van der Waals surface area contributed by atoms with Gasteiger partial charge in [-0.05, 0) is 20.2 Å². The zero-order chi connectivity index (χ0) is 10.8. The molecule has 0 aromatic carbocycles. The van der Waals surface area contributed by atoms with Crippen molar-refractivity contribution in [2.75, 3.05) is 20.6 Å². The third kappa shape index (κ3) is 1.92. The van der Waals surface area contributed by atoms with E-state index in [4.69, 9.17) is 0 Å². The minimum atomic E-state index is -0.0324. The van der Waals surface area contributed by atoms with E-state index in [0.717, 1.165) is 24.4 Å². The van der Waals surface area contributed by atoms with Gasteiger partial charge in [-0.25, -0.2) is 4.40 Å². The van der Waals surface area contributed by atoms with Crippen molar-refractivity contribution in [3.05, 3.63) is 34.4 Å². The standard InChI is InChI=1S/C10H14N4O/c1-13(2)7-6-9-12-11-8-4-3-5-10(15)14(8)9/h3-5,11H,6-7H2,1-2H3. The topological polar surface area (TPSA) is 53.4 Å². The van der Waals surface area contributed by atoms with Gasteiger partial charge in [0.1, 0.15) is 11.5 Å². The highest BCUT2D eigenvalue weighted by Crippen LogP contribution is 2.00. The van der Waals surface area contributed by atoms with Gasteiger partial charge in [-0.15, -0.1) is 0 Å². The van der Waals surface area contributed by atoms with E-state index in [1.807, 2.05) is 20.2 Å². The second kappa shape index (κ2) is 3.86. The molecule has 0 amide bonds. The molecule has 0 aliphatic rings. The quantitative estimate of drug-likeness (QED) is 0.776. The Labute approximate surface area is 87.3 Å². The second-order valence-corrected chi connectivity index (χ2v) is 3.78. The average molecular weight is 206 g/mol. The third-order valence-electron chi connectivity index (χ3n) is 2.29. The van der Waals surface area contributed by atoms with Crippen molar-refractivity contribution in [3.8, 4) is 0 Å². The maximum Gasteiger partial charge on any atom is 0.257 e. The number of H-pyrrole nitrogens is 1. The summed E-state index contributed by atoms with van der Waals surface area (Å²) in [5.74, 6) is 0.782. The molecule has 5 heteroatoms. The highest BCUT2D eigenvalue weighted by atomic mass is 16.1. The monoisotopic (exact) mass is 206 g/mol. The van der Waals surface area contributed by atoms with Crippen LogP contribution in [0.5, 0.6) is 0 Å². The van der Waals surface area contributed by atoms with Gasteiger partial charge >= 0.3 is 0 Å². The van der Waals surface area contributed by atoms with Crippen LogP contribution < -0.4 is 5.56 Å². The highest BCUT2D eigenvalue weighted by Gasteiger charge is 2.05. The predicted octanol–water partition coefficient (Wildman–Crippen LogP) is 0.127. The van der Waals surface area contributed by atoms with Gasteiger partial charge in [0.15, 0.2) is 0 Å². The van der Waals surface area contributed by atoms with Crippen LogP contribution in [0.15, 0.2) is 23.0 Å². The molecule has 0 saturated carbocycles. The predicted molar refractivity (Wildman–Crippen MR) is 58.1 cm³/mol. The van der Waals surface area contributed by atoms with Gasteiger partial charge in [0, 0.05) is 19.0 Å². The first-order chi connectivity index (χ1) is 7.18. The number of pyridine rings is 1. The summed E-state index contributed by atoms with van der Waals surface area (Å²) in [6.07, 6.45) is 0.761. The smallest absolute Gasteiger partial charge is 0.257 e. The van der Waals surface area contributed by atoms with Gasteiger partial charge in [0.05, 0.1) is 0 Å². The molecule has 2 aromatic rings. The van der Waals surface area contributed by atoms with Gasteiger partial charge in [0.2, 0.25) is 0 Å². The van der Waals surface area contributed by atoms with E-state index >= 15 is 0 Å². The summed E-state index contributed by atoms with van der Waals surface area (Å²) in [6.45, 7) is 0.876. The van der Waals surface area contributed by atoms with Crippen molar-refractivity contribution < 1.29 is 0 Å². The fraction of sp³-hybridized carbons (Fsp3) is 0.400. The van der Waals surface area contributed by atoms with Crippen LogP contribution >= 0.6 is 0 Å². The maximum atomic E-state index is 11.6. The van der Waals surface area contributed by atoms with Crippen molar-refractivity contribution in [1.29, 1.82) is 0 Å². The maximum absolute atomic E-state index is 11.6. The van der Waals surface area contributed by atoms with Crippen molar-refractivity contribution in [2.24, 2.45) is 0 Å². The summed E-state index contributed by atoms with van der Waals surface area (Å²) < 4.78 is 1.61. The number of aromatic nitrogens is 3. The molecule has 0 unspecified atom stereocenters. The average Bonchev–Trinajstić information content (AvgIpc) is 2.59. The molecule has 5 nitrogen and oxygen atoms in total. The van der Waals surface area contributed by atoms with Crippen LogP contribution in [0.2, 0.25) is 0 Å². The van der Waals surface area contributed by atoms with Crippen LogP contribution in [-0.4, -0.2) is 40.1 Å². The molecule has 2 rings (SSSR count). The fourth-order valence-corrected chi connectivity index (χ4v) is 1.51. The first kappa shape index (κ1) is 9.92. The normalized spacial score (nSPS) is 11.4. The van der Waals surface area contributed by atoms with E-state index in [-0.39, 0.29) is 5.56 Å². The van der Waals surface area contributed by atoms with Gasteiger partial charge in [0.25, 0.3) is 5.56 Å². The Morgan fingerprint density at radius 3 is 3.00 bits per heavy atom. The Hall–Kier alpha value is -1.62. The molecule has 0 radical (unpaired) electrons. The van der Waals surface area contributed by atoms with E-state index in [1.165, 1.54) is 0 Å². The molecular formula is C10H14N4O. The van der Waals surface area contributed by atoms with E-state index in [1.54, 1.807) is 16.5 Å². The summed E-state index contributed by atoms with van der Waals surface area (Å²) in [6, 6.07) is 5.11. The SMILES string of the molecule is CN(C)CCc1n[nH]c2cccc(=O)n12. The van der Waals surface area contributed by atoms with E-state index in [9.17, 15) is 4.79 Å². The van der Waals surface area contributed by atoms with Crippen molar-refractivity contribution in [3.63, 3.8) is 0 Å². The van der Waals surface area contributed by atoms with Crippen LogP contribution in [0.3, 0.4) is 0 Å². The Balaban J connectivity index is 2.40. The van der Waals surface area contributed by atoms with Crippen LogP contribution in [-0.2, 0) is 6.42 Å². The summed E-state index contributed by atoms with van der Waals surface area (Å²) >= 11 is 0. The summed E-state index contributed by atoms with van der Waals surface area (Å²) in [4.78, 5) is 13.7. The fourth-order valence-electron chi connectivity index (χ4n) is 1.51. The molecule has 2 aromatic heterocycles. The zero-order valence-corrected chi connectivity index (χ0v) is 8.90. The highest BCUT2D eigenvalue weighted by molar-refractivity contribution is 5.37. The number of rotatable bonds is 3. The Morgan fingerprint density at radius 1 is 1.47 bits per heavy atom. The number of nitrogens with one attached hydrogen (secondary N) is 1. The van der Waals surface area contributed by atoms with Gasteiger partial charge in [-0.1, -0.05) is 6.07 Å². The Kier molecular flexibility index (Phi) is 2.55. The lowest BCUT2D eigenvalue weighted by atomic mass is 10.3. The molecular weight excluding hydrogens is 192 g/mol. The number of hydrogen-bond donors (Lipinski definition) is 1. The molecule has 0 saturated heterocycles. The Morgan fingerprint density at radius 2 is 2.27 bits per heavy atom. The van der Waals surface area contributed by atoms with Crippen molar-refractivity contribution in [2.45, 2.75) is 6.42 Å². The van der Waals surface area contributed by atoms with Crippen LogP contribution in [0.25, 0.3) is 5.65 Å². The molecule has 1 N–H and O–H groups in total. The number of aromatic amines is 1. The van der Waals surface area contributed by atoms with Gasteiger partial charge < -0.3 is 4.90 Å². The lowest BCUT2D eigenvalue weighted by molar-refractivity contribution is 0.408. The molecule has 0 aliphatic heterocycles. The lowest BCUT2D eigenvalue weighted by Gasteiger charge is -2.07.